The number of piperidine rings is 1. The summed E-state index contributed by atoms with van der Waals surface area (Å²) in [7, 11) is 0. The van der Waals surface area contributed by atoms with Gasteiger partial charge in [-0.3, -0.25) is 4.79 Å². The number of halogens is 3. The van der Waals surface area contributed by atoms with Crippen molar-refractivity contribution in [2.24, 2.45) is 0 Å². The van der Waals surface area contributed by atoms with Gasteiger partial charge in [0.2, 0.25) is 0 Å². The van der Waals surface area contributed by atoms with E-state index in [1.165, 1.54) is 23.1 Å². The largest absolute Gasteiger partial charge is 0.437 e. The maximum absolute atomic E-state index is 14.7. The van der Waals surface area contributed by atoms with Crippen molar-refractivity contribution < 1.29 is 27.5 Å². The van der Waals surface area contributed by atoms with Gasteiger partial charge in [0.25, 0.3) is 5.91 Å². The van der Waals surface area contributed by atoms with E-state index in [2.05, 4.69) is 5.32 Å². The number of carbonyl (C=O) groups is 2. The first-order valence-corrected chi connectivity index (χ1v) is 10.6. The molecule has 2 aromatic carbocycles. The molecule has 168 valence electrons. The Morgan fingerprint density at radius 1 is 1.12 bits per heavy atom. The van der Waals surface area contributed by atoms with Crippen LogP contribution in [0.15, 0.2) is 30.3 Å². The lowest BCUT2D eigenvalue weighted by atomic mass is 9.81. The van der Waals surface area contributed by atoms with Crippen LogP contribution in [-0.2, 0) is 4.74 Å². The summed E-state index contributed by atoms with van der Waals surface area (Å²) in [6, 6.07) is 6.23. The third kappa shape index (κ3) is 3.18. The number of rotatable bonds is 3. The van der Waals surface area contributed by atoms with E-state index < -0.39 is 34.6 Å². The summed E-state index contributed by atoms with van der Waals surface area (Å²) in [6.07, 6.45) is 2.33. The molecule has 6 nitrogen and oxygen atoms in total. The molecule has 3 aliphatic heterocycles. The van der Waals surface area contributed by atoms with Crippen molar-refractivity contribution in [2.45, 2.75) is 37.8 Å². The number of likely N-dealkylation sites (tertiary alicyclic amines) is 1. The molecule has 0 saturated carbocycles. The molecule has 2 amide bonds. The van der Waals surface area contributed by atoms with Crippen LogP contribution in [0.4, 0.5) is 29.3 Å². The topological polar surface area (TPSA) is 61.9 Å². The fraction of sp³-hybridized carbons (Fsp3) is 0.391. The van der Waals surface area contributed by atoms with Crippen LogP contribution < -0.4 is 5.32 Å². The van der Waals surface area contributed by atoms with Crippen molar-refractivity contribution in [1.29, 1.82) is 0 Å². The Morgan fingerprint density at radius 2 is 1.91 bits per heavy atom. The maximum atomic E-state index is 14.7. The van der Waals surface area contributed by atoms with Gasteiger partial charge in [-0.05, 0) is 56.0 Å². The zero-order valence-electron chi connectivity index (χ0n) is 17.5. The molecule has 0 aliphatic carbocycles. The van der Waals surface area contributed by atoms with Gasteiger partial charge in [0.1, 0.15) is 5.82 Å². The number of nitrogens with one attached hydrogen (secondary N) is 1. The zero-order chi connectivity index (χ0) is 22.6. The lowest BCUT2D eigenvalue weighted by Gasteiger charge is -2.50. The van der Waals surface area contributed by atoms with Crippen molar-refractivity contribution >= 4 is 23.4 Å². The lowest BCUT2D eigenvalue weighted by Crippen LogP contribution is -2.69. The molecule has 1 spiro atoms. The van der Waals surface area contributed by atoms with Gasteiger partial charge in [-0.2, -0.15) is 0 Å². The van der Waals surface area contributed by atoms with Crippen molar-refractivity contribution in [3.63, 3.8) is 0 Å². The molecule has 3 saturated heterocycles. The fourth-order valence-corrected chi connectivity index (χ4v) is 4.89. The standard InChI is InChI=1S/C23H22F3N3O3/c1-13-5-8-17(16(25)10-13)27-20-14(6-7-15(24)19(20)26)21(30)28-11-23(12-28)18-4-2-3-9-29(18)22(31)32-23/h5-8,10,18,27H,2-4,9,11-12H2,1H3. The van der Waals surface area contributed by atoms with Crippen LogP contribution in [-0.4, -0.2) is 53.1 Å². The Bertz CT molecular complexity index is 1120. The van der Waals surface area contributed by atoms with Crippen LogP contribution in [0.25, 0.3) is 0 Å². The Labute approximate surface area is 182 Å². The third-order valence-electron chi connectivity index (χ3n) is 6.55. The number of benzene rings is 2. The number of hydrogen-bond acceptors (Lipinski definition) is 4. The molecule has 0 bridgehead atoms. The van der Waals surface area contributed by atoms with Gasteiger partial charge in [-0.15, -0.1) is 0 Å². The van der Waals surface area contributed by atoms with Crippen molar-refractivity contribution in [1.82, 2.24) is 9.80 Å². The van der Waals surface area contributed by atoms with Crippen LogP contribution in [0.3, 0.4) is 0 Å². The number of anilines is 2. The minimum Gasteiger partial charge on any atom is -0.437 e. The van der Waals surface area contributed by atoms with Gasteiger partial charge in [-0.1, -0.05) is 6.07 Å². The third-order valence-corrected chi connectivity index (χ3v) is 6.55. The lowest BCUT2D eigenvalue weighted by molar-refractivity contribution is -0.0818. The van der Waals surface area contributed by atoms with E-state index in [9.17, 15) is 22.8 Å². The Hall–Kier alpha value is -3.23. The normalized spacial score (nSPS) is 21.2. The number of fused-ring (bicyclic) bond motifs is 2. The smallest absolute Gasteiger partial charge is 0.410 e. The van der Waals surface area contributed by atoms with Gasteiger partial charge in [0.15, 0.2) is 17.2 Å². The number of amides is 2. The van der Waals surface area contributed by atoms with E-state index >= 15 is 0 Å². The summed E-state index contributed by atoms with van der Waals surface area (Å²) < 4.78 is 48.6. The predicted molar refractivity (Wildman–Crippen MR) is 110 cm³/mol. The van der Waals surface area contributed by atoms with Crippen molar-refractivity contribution in [3.8, 4) is 0 Å². The van der Waals surface area contributed by atoms with E-state index in [1.807, 2.05) is 0 Å². The average Bonchev–Trinajstić information content (AvgIpc) is 3.05. The highest BCUT2D eigenvalue weighted by Gasteiger charge is 2.61. The SMILES string of the molecule is Cc1ccc(Nc2c(C(=O)N3CC4(C3)OC(=O)N3CCCCC34)ccc(F)c2F)c(F)c1. The van der Waals surface area contributed by atoms with Gasteiger partial charge < -0.3 is 19.9 Å². The summed E-state index contributed by atoms with van der Waals surface area (Å²) in [5.41, 5.74) is -0.720. The quantitative estimate of drug-likeness (QED) is 0.763. The molecule has 0 aromatic heterocycles. The van der Waals surface area contributed by atoms with Crippen LogP contribution in [0.5, 0.6) is 0 Å². The number of hydrogen-bond donors (Lipinski definition) is 1. The Morgan fingerprint density at radius 3 is 2.66 bits per heavy atom. The summed E-state index contributed by atoms with van der Waals surface area (Å²) in [5, 5.41) is 2.54. The number of carbonyl (C=O) groups excluding carboxylic acids is 2. The van der Waals surface area contributed by atoms with E-state index in [1.54, 1.807) is 17.9 Å². The molecular weight excluding hydrogens is 423 g/mol. The molecule has 5 rings (SSSR count). The molecular formula is C23H22F3N3O3. The number of aryl methyl sites for hydroxylation is 1. The molecule has 1 atom stereocenters. The first-order valence-electron chi connectivity index (χ1n) is 10.6. The van der Waals surface area contributed by atoms with E-state index in [0.29, 0.717) is 12.1 Å². The van der Waals surface area contributed by atoms with Crippen molar-refractivity contribution in [3.05, 3.63) is 58.9 Å². The van der Waals surface area contributed by atoms with Crippen molar-refractivity contribution in [2.75, 3.05) is 25.0 Å². The molecule has 32 heavy (non-hydrogen) atoms. The average molecular weight is 445 g/mol. The number of ether oxygens (including phenoxy) is 1. The van der Waals surface area contributed by atoms with Crippen LogP contribution in [0.2, 0.25) is 0 Å². The summed E-state index contributed by atoms with van der Waals surface area (Å²) in [4.78, 5) is 28.6. The molecule has 2 aromatic rings. The van der Waals surface area contributed by atoms with Gasteiger partial charge in [-0.25, -0.2) is 18.0 Å². The van der Waals surface area contributed by atoms with Gasteiger partial charge in [0.05, 0.1) is 36.1 Å². The monoisotopic (exact) mass is 445 g/mol. The Kier molecular flexibility index (Phi) is 4.79. The molecule has 9 heteroatoms. The first kappa shape index (κ1) is 20.7. The molecule has 3 heterocycles. The second kappa shape index (κ2) is 7.43. The molecule has 1 unspecified atom stereocenters. The zero-order valence-corrected chi connectivity index (χ0v) is 17.5. The fourth-order valence-electron chi connectivity index (χ4n) is 4.89. The second-order valence-corrected chi connectivity index (χ2v) is 8.69. The van der Waals surface area contributed by atoms with Crippen LogP contribution in [0, 0.1) is 24.4 Å². The van der Waals surface area contributed by atoms with E-state index in [0.717, 1.165) is 25.3 Å². The minimum absolute atomic E-state index is 0.0724. The van der Waals surface area contributed by atoms with Gasteiger partial charge >= 0.3 is 6.09 Å². The van der Waals surface area contributed by atoms with E-state index in [4.69, 9.17) is 4.74 Å². The summed E-state index contributed by atoms with van der Waals surface area (Å²) in [6.45, 7) is 2.69. The number of nitrogens with zero attached hydrogens (tertiary/aromatic N) is 2. The molecule has 0 radical (unpaired) electrons. The van der Waals surface area contributed by atoms with Gasteiger partial charge in [0, 0.05) is 6.54 Å². The van der Waals surface area contributed by atoms with E-state index in [-0.39, 0.29) is 36.5 Å². The minimum atomic E-state index is -1.27. The highest BCUT2D eigenvalue weighted by atomic mass is 19.2. The summed E-state index contributed by atoms with van der Waals surface area (Å²) >= 11 is 0. The predicted octanol–water partition coefficient (Wildman–Crippen LogP) is 4.36. The first-order chi connectivity index (χ1) is 15.3. The Balaban J connectivity index is 1.40. The van der Waals surface area contributed by atoms with Crippen LogP contribution in [0.1, 0.15) is 35.2 Å². The maximum Gasteiger partial charge on any atom is 0.410 e. The highest BCUT2D eigenvalue weighted by Crippen LogP contribution is 2.43. The second-order valence-electron chi connectivity index (χ2n) is 8.69. The molecule has 3 fully saturated rings. The van der Waals surface area contributed by atoms with Crippen LogP contribution >= 0.6 is 0 Å². The molecule has 1 N–H and O–H groups in total. The molecule has 3 aliphatic rings. The highest BCUT2D eigenvalue weighted by molar-refractivity contribution is 6.01. The summed E-state index contributed by atoms with van der Waals surface area (Å²) in [5.74, 6) is -3.61.